The van der Waals surface area contributed by atoms with Crippen LogP contribution in [0, 0.1) is 6.92 Å². The summed E-state index contributed by atoms with van der Waals surface area (Å²) in [5.41, 5.74) is 7.49. The third-order valence-corrected chi connectivity index (χ3v) is 3.63. The molecule has 0 aliphatic rings. The van der Waals surface area contributed by atoms with Crippen LogP contribution in [0.5, 0.6) is 0 Å². The van der Waals surface area contributed by atoms with Crippen LogP contribution in [-0.4, -0.2) is 9.97 Å². The summed E-state index contributed by atoms with van der Waals surface area (Å²) in [7, 11) is 0. The van der Waals surface area contributed by atoms with Crippen molar-refractivity contribution in [3.8, 4) is 0 Å². The van der Waals surface area contributed by atoms with E-state index in [1.165, 1.54) is 10.4 Å². The number of nitrogens with one attached hydrogen (secondary N) is 1. The van der Waals surface area contributed by atoms with Crippen LogP contribution in [0.3, 0.4) is 0 Å². The predicted molar refractivity (Wildman–Crippen MR) is 76.5 cm³/mol. The molecule has 0 spiro atoms. The Balaban J connectivity index is 2.07. The number of pyridine rings is 1. The van der Waals surface area contributed by atoms with Gasteiger partial charge in [-0.05, 0) is 36.1 Å². The van der Waals surface area contributed by atoms with Crippen molar-refractivity contribution in [1.82, 2.24) is 4.98 Å². The summed E-state index contributed by atoms with van der Waals surface area (Å²) in [6.07, 6.45) is 0. The first-order valence-corrected chi connectivity index (χ1v) is 6.49. The number of nitrogens with two attached hydrogens (primary N) is 1. The summed E-state index contributed by atoms with van der Waals surface area (Å²) < 4.78 is 0. The highest BCUT2D eigenvalue weighted by atomic mass is 32.1. The molecule has 0 aliphatic carbocycles. The van der Waals surface area contributed by atoms with E-state index in [1.807, 2.05) is 18.2 Å². The van der Waals surface area contributed by atoms with Gasteiger partial charge in [0.1, 0.15) is 10.8 Å². The first kappa shape index (κ1) is 12.0. The standard InChI is InChI=1S/C12H13N3S2/c1-8-5-6-17-10(8)7-14-11-4-2-3-9(15-11)12(13)16/h2-6H,7H2,1H3,(H2,13,16)(H,14,15). The number of thiocarbonyl (C=S) groups is 1. The van der Waals surface area contributed by atoms with Crippen LogP contribution in [0.15, 0.2) is 29.6 Å². The van der Waals surface area contributed by atoms with Gasteiger partial charge in [-0.1, -0.05) is 18.3 Å². The normalized spacial score (nSPS) is 10.2. The number of hydrogen-bond acceptors (Lipinski definition) is 4. The van der Waals surface area contributed by atoms with Gasteiger partial charge in [0.05, 0.1) is 12.2 Å². The lowest BCUT2D eigenvalue weighted by Gasteiger charge is -2.06. The molecule has 5 heteroatoms. The molecule has 3 nitrogen and oxygen atoms in total. The van der Waals surface area contributed by atoms with E-state index in [1.54, 1.807) is 11.3 Å². The fourth-order valence-electron chi connectivity index (χ4n) is 1.43. The van der Waals surface area contributed by atoms with Crippen LogP contribution in [0.2, 0.25) is 0 Å². The van der Waals surface area contributed by atoms with E-state index in [2.05, 4.69) is 28.7 Å². The van der Waals surface area contributed by atoms with Crippen molar-refractivity contribution in [2.75, 3.05) is 5.32 Å². The summed E-state index contributed by atoms with van der Waals surface area (Å²) in [5, 5.41) is 5.36. The Morgan fingerprint density at radius 2 is 2.29 bits per heavy atom. The SMILES string of the molecule is Cc1ccsc1CNc1cccc(C(N)=S)n1. The monoisotopic (exact) mass is 263 g/mol. The van der Waals surface area contributed by atoms with Gasteiger partial charge >= 0.3 is 0 Å². The molecule has 0 fully saturated rings. The number of aryl methyl sites for hydroxylation is 1. The summed E-state index contributed by atoms with van der Waals surface area (Å²) in [6, 6.07) is 7.72. The quantitative estimate of drug-likeness (QED) is 0.833. The number of rotatable bonds is 4. The summed E-state index contributed by atoms with van der Waals surface area (Å²) in [6.45, 7) is 2.88. The molecule has 0 bridgehead atoms. The molecule has 2 heterocycles. The Hall–Kier alpha value is -1.46. The maximum atomic E-state index is 5.54. The first-order valence-electron chi connectivity index (χ1n) is 5.20. The summed E-state index contributed by atoms with van der Waals surface area (Å²) in [4.78, 5) is 5.96. The van der Waals surface area contributed by atoms with Gasteiger partial charge in [-0.25, -0.2) is 4.98 Å². The Morgan fingerprint density at radius 1 is 1.47 bits per heavy atom. The molecule has 0 atom stereocenters. The Bertz CT molecular complexity index is 534. The molecule has 0 aromatic carbocycles. The summed E-state index contributed by atoms with van der Waals surface area (Å²) >= 11 is 6.63. The second-order valence-corrected chi connectivity index (χ2v) is 5.09. The van der Waals surface area contributed by atoms with Crippen molar-refractivity contribution >= 4 is 34.4 Å². The Kier molecular flexibility index (Phi) is 3.71. The first-order chi connectivity index (χ1) is 8.16. The third kappa shape index (κ3) is 3.01. The zero-order valence-corrected chi connectivity index (χ0v) is 11.1. The van der Waals surface area contributed by atoms with Gasteiger partial charge in [0.15, 0.2) is 0 Å². The van der Waals surface area contributed by atoms with Crippen LogP contribution in [-0.2, 0) is 6.54 Å². The van der Waals surface area contributed by atoms with E-state index in [4.69, 9.17) is 18.0 Å². The highest BCUT2D eigenvalue weighted by Gasteiger charge is 2.02. The lowest BCUT2D eigenvalue weighted by Crippen LogP contribution is -2.12. The van der Waals surface area contributed by atoms with E-state index >= 15 is 0 Å². The van der Waals surface area contributed by atoms with E-state index in [0.29, 0.717) is 10.7 Å². The van der Waals surface area contributed by atoms with Crippen molar-refractivity contribution in [2.45, 2.75) is 13.5 Å². The Morgan fingerprint density at radius 3 is 2.94 bits per heavy atom. The molecule has 0 saturated carbocycles. The van der Waals surface area contributed by atoms with Crippen molar-refractivity contribution < 1.29 is 0 Å². The highest BCUT2D eigenvalue weighted by molar-refractivity contribution is 7.80. The molecule has 0 saturated heterocycles. The van der Waals surface area contributed by atoms with Gasteiger partial charge < -0.3 is 11.1 Å². The number of hydrogen-bond donors (Lipinski definition) is 2. The molecule has 17 heavy (non-hydrogen) atoms. The molecule has 0 aliphatic heterocycles. The van der Waals surface area contributed by atoms with Crippen molar-refractivity contribution in [1.29, 1.82) is 0 Å². The molecule has 2 rings (SSSR count). The molecule has 0 amide bonds. The van der Waals surface area contributed by atoms with Crippen molar-refractivity contribution in [3.05, 3.63) is 45.8 Å². The molecule has 0 radical (unpaired) electrons. The fourth-order valence-corrected chi connectivity index (χ4v) is 2.39. The average molecular weight is 263 g/mol. The zero-order chi connectivity index (χ0) is 12.3. The maximum absolute atomic E-state index is 5.54. The van der Waals surface area contributed by atoms with Gasteiger partial charge in [0.25, 0.3) is 0 Å². The zero-order valence-electron chi connectivity index (χ0n) is 9.43. The van der Waals surface area contributed by atoms with Crippen molar-refractivity contribution in [2.24, 2.45) is 5.73 Å². The minimum Gasteiger partial charge on any atom is -0.388 e. The molecule has 3 N–H and O–H groups in total. The number of nitrogens with zero attached hydrogens (tertiary/aromatic N) is 1. The largest absolute Gasteiger partial charge is 0.388 e. The van der Waals surface area contributed by atoms with Gasteiger partial charge in [-0.2, -0.15) is 0 Å². The van der Waals surface area contributed by atoms with E-state index in [0.717, 1.165) is 12.4 Å². The minimum atomic E-state index is 0.320. The number of aromatic nitrogens is 1. The van der Waals surface area contributed by atoms with E-state index in [-0.39, 0.29) is 0 Å². The average Bonchev–Trinajstić information content (AvgIpc) is 2.72. The van der Waals surface area contributed by atoms with Crippen molar-refractivity contribution in [3.63, 3.8) is 0 Å². The second kappa shape index (κ2) is 5.25. The fraction of sp³-hybridized carbons (Fsp3) is 0.167. The smallest absolute Gasteiger partial charge is 0.127 e. The van der Waals surface area contributed by atoms with Gasteiger partial charge in [-0.3, -0.25) is 0 Å². The topological polar surface area (TPSA) is 50.9 Å². The van der Waals surface area contributed by atoms with E-state index in [9.17, 15) is 0 Å². The lowest BCUT2D eigenvalue weighted by molar-refractivity contribution is 1.12. The number of thiophene rings is 1. The van der Waals surface area contributed by atoms with Crippen LogP contribution in [0.1, 0.15) is 16.1 Å². The molecular formula is C12H13N3S2. The predicted octanol–water partition coefficient (Wildman–Crippen LogP) is 2.70. The van der Waals surface area contributed by atoms with Crippen LogP contribution >= 0.6 is 23.6 Å². The molecule has 2 aromatic heterocycles. The van der Waals surface area contributed by atoms with Gasteiger partial charge in [-0.15, -0.1) is 11.3 Å². The Labute approximate surface area is 110 Å². The molecule has 2 aromatic rings. The second-order valence-electron chi connectivity index (χ2n) is 3.65. The van der Waals surface area contributed by atoms with Gasteiger partial charge in [0.2, 0.25) is 0 Å². The minimum absolute atomic E-state index is 0.320. The molecular weight excluding hydrogens is 250 g/mol. The van der Waals surface area contributed by atoms with Crippen LogP contribution in [0.25, 0.3) is 0 Å². The van der Waals surface area contributed by atoms with Crippen LogP contribution in [0.4, 0.5) is 5.82 Å². The van der Waals surface area contributed by atoms with Crippen LogP contribution < -0.4 is 11.1 Å². The molecule has 0 unspecified atom stereocenters. The number of anilines is 1. The third-order valence-electron chi connectivity index (χ3n) is 2.40. The summed E-state index contributed by atoms with van der Waals surface area (Å²) in [5.74, 6) is 0.795. The van der Waals surface area contributed by atoms with Gasteiger partial charge in [0, 0.05) is 4.88 Å². The maximum Gasteiger partial charge on any atom is 0.127 e. The van der Waals surface area contributed by atoms with E-state index < -0.39 is 0 Å². The highest BCUT2D eigenvalue weighted by Crippen LogP contribution is 2.17. The molecule has 88 valence electrons. The lowest BCUT2D eigenvalue weighted by atomic mass is 10.3.